The van der Waals surface area contributed by atoms with Gasteiger partial charge in [0, 0.05) is 18.6 Å². The van der Waals surface area contributed by atoms with Crippen molar-refractivity contribution in [1.29, 1.82) is 0 Å². The van der Waals surface area contributed by atoms with Gasteiger partial charge in [0.25, 0.3) is 0 Å². The molecule has 1 fully saturated rings. The van der Waals surface area contributed by atoms with Crippen LogP contribution >= 0.6 is 15.9 Å². The van der Waals surface area contributed by atoms with Crippen LogP contribution in [0.15, 0.2) is 29.0 Å². The van der Waals surface area contributed by atoms with Crippen molar-refractivity contribution >= 4 is 24.2 Å². The molecule has 3 rings (SSSR count). The number of halogens is 2. The maximum atomic E-state index is 14.7. The minimum atomic E-state index is -2.24. The van der Waals surface area contributed by atoms with Gasteiger partial charge in [0.2, 0.25) is 4.73 Å². The standard InChI is InChI=1S/C22H33BrFN3O3Si/c1-22(2,3)31(4,5)30-18(15-10-6-7-11-16(15)24)14-17(28)20-25-21(23)26-27(20)19-12-8-9-13-29-19/h6-7,10-11,17-19,28H,8-9,12-14H2,1-5H3. The van der Waals surface area contributed by atoms with Crippen LogP contribution in [0.5, 0.6) is 0 Å². The quantitative estimate of drug-likeness (QED) is 0.455. The number of hydrogen-bond donors (Lipinski definition) is 1. The second-order valence-corrected chi connectivity index (χ2v) is 15.1. The molecule has 6 nitrogen and oxygen atoms in total. The molecule has 9 heteroatoms. The Balaban J connectivity index is 1.90. The van der Waals surface area contributed by atoms with E-state index < -0.39 is 20.5 Å². The molecule has 2 heterocycles. The first-order valence-corrected chi connectivity index (χ1v) is 14.5. The van der Waals surface area contributed by atoms with Gasteiger partial charge in [-0.15, -0.1) is 5.10 Å². The summed E-state index contributed by atoms with van der Waals surface area (Å²) in [4.78, 5) is 4.40. The van der Waals surface area contributed by atoms with Gasteiger partial charge in [-0.2, -0.15) is 0 Å². The molecular weight excluding hydrogens is 481 g/mol. The Morgan fingerprint density at radius 2 is 2.03 bits per heavy atom. The molecule has 172 valence electrons. The average Bonchev–Trinajstić information content (AvgIpc) is 3.09. The maximum Gasteiger partial charge on any atom is 0.217 e. The van der Waals surface area contributed by atoms with Crippen LogP contribution in [0.2, 0.25) is 18.1 Å². The van der Waals surface area contributed by atoms with Crippen molar-refractivity contribution in [3.05, 3.63) is 46.2 Å². The highest BCUT2D eigenvalue weighted by Gasteiger charge is 2.41. The Morgan fingerprint density at radius 3 is 2.65 bits per heavy atom. The van der Waals surface area contributed by atoms with Gasteiger partial charge in [0.15, 0.2) is 20.4 Å². The van der Waals surface area contributed by atoms with Crippen LogP contribution in [0.3, 0.4) is 0 Å². The molecule has 1 aromatic heterocycles. The second kappa shape index (κ2) is 9.78. The van der Waals surface area contributed by atoms with Gasteiger partial charge in [0.1, 0.15) is 11.9 Å². The van der Waals surface area contributed by atoms with Gasteiger partial charge in [-0.25, -0.2) is 14.1 Å². The minimum absolute atomic E-state index is 0.0551. The number of rotatable bonds is 7. The van der Waals surface area contributed by atoms with E-state index in [0.29, 0.717) is 22.7 Å². The van der Waals surface area contributed by atoms with E-state index in [0.717, 1.165) is 19.3 Å². The number of nitrogens with zero attached hydrogens (tertiary/aromatic N) is 3. The fourth-order valence-corrected chi connectivity index (χ4v) is 5.12. The van der Waals surface area contributed by atoms with Crippen molar-refractivity contribution in [2.75, 3.05) is 6.61 Å². The van der Waals surface area contributed by atoms with E-state index in [4.69, 9.17) is 9.16 Å². The summed E-state index contributed by atoms with van der Waals surface area (Å²) in [6.45, 7) is 11.3. The smallest absolute Gasteiger partial charge is 0.217 e. The molecule has 3 unspecified atom stereocenters. The highest BCUT2D eigenvalue weighted by molar-refractivity contribution is 9.10. The molecule has 0 saturated carbocycles. The lowest BCUT2D eigenvalue weighted by atomic mass is 10.0. The molecule has 0 aliphatic carbocycles. The largest absolute Gasteiger partial charge is 0.410 e. The molecule has 0 amide bonds. The average molecular weight is 515 g/mol. The zero-order valence-corrected chi connectivity index (χ0v) is 21.5. The predicted octanol–water partition coefficient (Wildman–Crippen LogP) is 6.07. The monoisotopic (exact) mass is 513 g/mol. The minimum Gasteiger partial charge on any atom is -0.410 e. The third-order valence-corrected chi connectivity index (χ3v) is 11.1. The number of aliphatic hydroxyl groups excluding tert-OH is 1. The van der Waals surface area contributed by atoms with Crippen LogP contribution in [-0.4, -0.2) is 34.8 Å². The van der Waals surface area contributed by atoms with Crippen LogP contribution in [0.25, 0.3) is 0 Å². The van der Waals surface area contributed by atoms with Crippen LogP contribution in [0.1, 0.15) is 76.3 Å². The summed E-state index contributed by atoms with van der Waals surface area (Å²) in [5.41, 5.74) is 0.449. The number of benzene rings is 1. The zero-order chi connectivity index (χ0) is 22.8. The van der Waals surface area contributed by atoms with Crippen molar-refractivity contribution < 1.29 is 18.7 Å². The van der Waals surface area contributed by atoms with Crippen molar-refractivity contribution in [1.82, 2.24) is 14.8 Å². The number of ether oxygens (including phenoxy) is 1. The van der Waals surface area contributed by atoms with Gasteiger partial charge in [-0.05, 0) is 59.4 Å². The fourth-order valence-electron chi connectivity index (χ4n) is 3.48. The van der Waals surface area contributed by atoms with Crippen LogP contribution < -0.4 is 0 Å². The molecular formula is C22H33BrFN3O3Si. The van der Waals surface area contributed by atoms with Crippen molar-refractivity contribution in [2.24, 2.45) is 0 Å². The molecule has 1 aliphatic rings. The zero-order valence-electron chi connectivity index (χ0n) is 18.9. The van der Waals surface area contributed by atoms with Crippen LogP contribution in [-0.2, 0) is 9.16 Å². The molecule has 0 radical (unpaired) electrons. The number of aromatic nitrogens is 3. The summed E-state index contributed by atoms with van der Waals surface area (Å²) < 4.78 is 29.2. The molecule has 1 aliphatic heterocycles. The van der Waals surface area contributed by atoms with Gasteiger partial charge in [0.05, 0.1) is 6.10 Å². The van der Waals surface area contributed by atoms with E-state index in [1.807, 2.05) is 0 Å². The normalized spacial score (nSPS) is 19.9. The third-order valence-electron chi connectivity index (χ3n) is 6.29. The highest BCUT2D eigenvalue weighted by Crippen LogP contribution is 2.42. The number of aliphatic hydroxyl groups is 1. The SMILES string of the molecule is CC(C)(C)[Si](C)(C)OC(CC(O)c1nc(Br)nn1C1CCCCO1)c1ccccc1F. The number of hydrogen-bond acceptors (Lipinski definition) is 5. The molecule has 0 spiro atoms. The summed E-state index contributed by atoms with van der Waals surface area (Å²) in [5, 5.41) is 15.5. The Labute approximate surface area is 193 Å². The van der Waals surface area contributed by atoms with E-state index in [-0.39, 0.29) is 23.5 Å². The van der Waals surface area contributed by atoms with Gasteiger partial charge < -0.3 is 14.3 Å². The Bertz CT molecular complexity index is 881. The van der Waals surface area contributed by atoms with E-state index in [9.17, 15) is 9.50 Å². The van der Waals surface area contributed by atoms with E-state index in [2.05, 4.69) is 59.9 Å². The van der Waals surface area contributed by atoms with Gasteiger partial charge >= 0.3 is 0 Å². The van der Waals surface area contributed by atoms with Crippen molar-refractivity contribution in [3.8, 4) is 0 Å². The Morgan fingerprint density at radius 1 is 1.32 bits per heavy atom. The van der Waals surface area contributed by atoms with Crippen LogP contribution in [0.4, 0.5) is 4.39 Å². The van der Waals surface area contributed by atoms with E-state index >= 15 is 0 Å². The molecule has 31 heavy (non-hydrogen) atoms. The van der Waals surface area contributed by atoms with Gasteiger partial charge in [-0.1, -0.05) is 39.0 Å². The topological polar surface area (TPSA) is 69.4 Å². The molecule has 2 aromatic rings. The third kappa shape index (κ3) is 5.81. The summed E-state index contributed by atoms with van der Waals surface area (Å²) >= 11 is 3.32. The molecule has 1 saturated heterocycles. The molecule has 1 N–H and O–H groups in total. The Kier molecular flexibility index (Phi) is 7.73. The summed E-state index contributed by atoms with van der Waals surface area (Å²) in [5.74, 6) is 0.0654. The highest BCUT2D eigenvalue weighted by atomic mass is 79.9. The second-order valence-electron chi connectivity index (χ2n) is 9.64. The molecule has 1 aromatic carbocycles. The summed E-state index contributed by atoms with van der Waals surface area (Å²) in [7, 11) is -2.24. The van der Waals surface area contributed by atoms with Crippen molar-refractivity contribution in [2.45, 2.75) is 83.0 Å². The summed E-state index contributed by atoms with van der Waals surface area (Å²) in [6.07, 6.45) is 1.18. The fraction of sp³-hybridized carbons (Fsp3) is 0.636. The first-order valence-electron chi connectivity index (χ1n) is 10.8. The first-order chi connectivity index (χ1) is 14.5. The Hall–Kier alpha value is -1.13. The van der Waals surface area contributed by atoms with E-state index in [1.165, 1.54) is 6.07 Å². The molecule has 0 bridgehead atoms. The van der Waals surface area contributed by atoms with Crippen molar-refractivity contribution in [3.63, 3.8) is 0 Å². The maximum absolute atomic E-state index is 14.7. The lowest BCUT2D eigenvalue weighted by Gasteiger charge is -2.40. The molecule has 3 atom stereocenters. The van der Waals surface area contributed by atoms with Crippen LogP contribution in [0, 0.1) is 5.82 Å². The van der Waals surface area contributed by atoms with E-state index in [1.54, 1.807) is 22.9 Å². The lowest BCUT2D eigenvalue weighted by molar-refractivity contribution is -0.0467. The lowest BCUT2D eigenvalue weighted by Crippen LogP contribution is -2.42. The predicted molar refractivity (Wildman–Crippen MR) is 124 cm³/mol. The first kappa shape index (κ1) is 24.5. The van der Waals surface area contributed by atoms with Gasteiger partial charge in [-0.3, -0.25) is 0 Å². The summed E-state index contributed by atoms with van der Waals surface area (Å²) in [6, 6.07) is 6.61.